The van der Waals surface area contributed by atoms with Crippen molar-refractivity contribution in [2.24, 2.45) is 0 Å². The number of nitrogens with zero attached hydrogens (tertiary/aromatic N) is 2. The van der Waals surface area contributed by atoms with Gasteiger partial charge in [0.15, 0.2) is 11.2 Å². The molecule has 4 heteroatoms. The van der Waals surface area contributed by atoms with Gasteiger partial charge in [-0.3, -0.25) is 0 Å². The Hall–Kier alpha value is -8.60. The van der Waals surface area contributed by atoms with Crippen molar-refractivity contribution in [3.8, 4) is 33.4 Å². The molecule has 0 saturated heterocycles. The zero-order chi connectivity index (χ0) is 44.1. The summed E-state index contributed by atoms with van der Waals surface area (Å²) >= 11 is 0. The number of fused-ring (bicyclic) bond motifs is 6. The normalized spacial score (nSPS) is 11.5. The predicted octanol–water partition coefficient (Wildman–Crippen LogP) is 18.0. The van der Waals surface area contributed by atoms with Gasteiger partial charge in [-0.25, -0.2) is 0 Å². The summed E-state index contributed by atoms with van der Waals surface area (Å²) in [7, 11) is 0. The number of hydrogen-bond donors (Lipinski definition) is 0. The van der Waals surface area contributed by atoms with Gasteiger partial charge < -0.3 is 18.6 Å². The Morgan fingerprint density at radius 1 is 0.288 bits per heavy atom. The smallest absolute Gasteiger partial charge is 0.159 e. The van der Waals surface area contributed by atoms with Gasteiger partial charge in [0.05, 0.1) is 22.7 Å². The molecule has 2 aromatic heterocycles. The van der Waals surface area contributed by atoms with Crippen LogP contribution in [0.25, 0.3) is 77.3 Å². The molecule has 0 amide bonds. The molecule has 0 unspecified atom stereocenters. The van der Waals surface area contributed by atoms with Crippen molar-refractivity contribution in [2.45, 2.75) is 13.8 Å². The molecule has 0 spiro atoms. The Bertz CT molecular complexity index is 3500. The van der Waals surface area contributed by atoms with Crippen LogP contribution in [0.4, 0.5) is 34.1 Å². The molecule has 12 aromatic rings. The molecule has 0 bridgehead atoms. The van der Waals surface area contributed by atoms with Gasteiger partial charge >= 0.3 is 0 Å². The summed E-state index contributed by atoms with van der Waals surface area (Å²) in [6.07, 6.45) is 0. The predicted molar refractivity (Wildman–Crippen MR) is 276 cm³/mol. The standard InChI is InChI=1S/C62H44N2O2/c1-41-39-45(63(55-29-13-9-23-49(55)43-19-5-3-6-20-43)57-31-17-27-53-51-25-11-15-33-59(51)65-61(53)57)35-37-47(41)48-38-36-46(40-42(48)2)64(56-30-14-10-24-50(56)44-21-7-4-8-22-44)58-32-18-28-54-52-26-12-16-34-60(52)66-62(54)58/h3-40H,1-2H3. The van der Waals surface area contributed by atoms with E-state index in [0.717, 1.165) is 100 Å². The van der Waals surface area contributed by atoms with Crippen LogP contribution < -0.4 is 9.80 Å². The lowest BCUT2D eigenvalue weighted by molar-refractivity contribution is 0.668. The highest BCUT2D eigenvalue weighted by Gasteiger charge is 2.25. The molecule has 0 radical (unpaired) electrons. The van der Waals surface area contributed by atoms with Crippen LogP contribution in [0.2, 0.25) is 0 Å². The maximum Gasteiger partial charge on any atom is 0.159 e. The molecule has 0 aliphatic rings. The Morgan fingerprint density at radius 2 is 0.652 bits per heavy atom. The molecule has 0 atom stereocenters. The summed E-state index contributed by atoms with van der Waals surface area (Å²) < 4.78 is 13.4. The number of furan rings is 2. The summed E-state index contributed by atoms with van der Waals surface area (Å²) in [6.45, 7) is 4.44. The molecule has 2 heterocycles. The first-order valence-electron chi connectivity index (χ1n) is 22.5. The van der Waals surface area contributed by atoms with Crippen molar-refractivity contribution in [3.05, 3.63) is 242 Å². The molecule has 0 aliphatic carbocycles. The second kappa shape index (κ2) is 16.2. The van der Waals surface area contributed by atoms with E-state index in [9.17, 15) is 0 Å². The van der Waals surface area contributed by atoms with Gasteiger partial charge in [0.2, 0.25) is 0 Å². The van der Waals surface area contributed by atoms with Crippen molar-refractivity contribution in [3.63, 3.8) is 0 Å². The number of anilines is 6. The van der Waals surface area contributed by atoms with E-state index in [2.05, 4.69) is 242 Å². The minimum Gasteiger partial charge on any atom is -0.454 e. The highest BCUT2D eigenvalue weighted by Crippen LogP contribution is 2.48. The summed E-state index contributed by atoms with van der Waals surface area (Å²) in [4.78, 5) is 4.72. The Labute approximate surface area is 383 Å². The number of aryl methyl sites for hydroxylation is 2. The summed E-state index contributed by atoms with van der Waals surface area (Å²) in [5, 5.41) is 4.39. The van der Waals surface area contributed by atoms with Gasteiger partial charge in [0.1, 0.15) is 11.2 Å². The fourth-order valence-electron chi connectivity index (χ4n) is 9.87. The third kappa shape index (κ3) is 6.62. The topological polar surface area (TPSA) is 32.8 Å². The minimum atomic E-state index is 0.853. The van der Waals surface area contributed by atoms with Gasteiger partial charge in [0.25, 0.3) is 0 Å². The molecule has 66 heavy (non-hydrogen) atoms. The van der Waals surface area contributed by atoms with Gasteiger partial charge in [-0.1, -0.05) is 170 Å². The van der Waals surface area contributed by atoms with Crippen LogP contribution in [0.15, 0.2) is 239 Å². The van der Waals surface area contributed by atoms with Gasteiger partial charge in [-0.2, -0.15) is 0 Å². The van der Waals surface area contributed by atoms with Crippen molar-refractivity contribution in [2.75, 3.05) is 9.80 Å². The molecule has 12 rings (SSSR count). The molecule has 0 aliphatic heterocycles. The zero-order valence-corrected chi connectivity index (χ0v) is 36.7. The quantitative estimate of drug-likeness (QED) is 0.145. The van der Waals surface area contributed by atoms with Crippen LogP contribution in [0.3, 0.4) is 0 Å². The average molecular weight is 849 g/mol. The van der Waals surface area contributed by atoms with Crippen LogP contribution in [-0.4, -0.2) is 0 Å². The van der Waals surface area contributed by atoms with E-state index >= 15 is 0 Å². The molecule has 10 aromatic carbocycles. The lowest BCUT2D eigenvalue weighted by Gasteiger charge is -2.29. The van der Waals surface area contributed by atoms with Crippen LogP contribution in [0.5, 0.6) is 0 Å². The van der Waals surface area contributed by atoms with Crippen molar-refractivity contribution in [1.29, 1.82) is 0 Å². The van der Waals surface area contributed by atoms with E-state index < -0.39 is 0 Å². The second-order valence-corrected chi connectivity index (χ2v) is 16.9. The maximum atomic E-state index is 6.71. The average Bonchev–Trinajstić information content (AvgIpc) is 3.95. The zero-order valence-electron chi connectivity index (χ0n) is 36.7. The van der Waals surface area contributed by atoms with E-state index in [4.69, 9.17) is 8.83 Å². The SMILES string of the molecule is Cc1cc(N(c2ccccc2-c2ccccc2)c2cccc3c2oc2ccccc23)ccc1-c1ccc(N(c2ccccc2-c2ccccc2)c2cccc3c2oc2ccccc23)cc1C. The third-order valence-corrected chi connectivity index (χ3v) is 12.9. The Morgan fingerprint density at radius 3 is 1.09 bits per heavy atom. The van der Waals surface area contributed by atoms with E-state index in [-0.39, 0.29) is 0 Å². The molecular weight excluding hydrogens is 805 g/mol. The highest BCUT2D eigenvalue weighted by molar-refractivity contribution is 6.12. The monoisotopic (exact) mass is 848 g/mol. The molecule has 314 valence electrons. The van der Waals surface area contributed by atoms with Gasteiger partial charge in [-0.05, 0) is 108 Å². The Balaban J connectivity index is 1.00. The highest BCUT2D eigenvalue weighted by atomic mass is 16.3. The van der Waals surface area contributed by atoms with Gasteiger partial charge in [-0.15, -0.1) is 0 Å². The molecule has 0 fully saturated rings. The van der Waals surface area contributed by atoms with Crippen molar-refractivity contribution >= 4 is 78.0 Å². The number of para-hydroxylation sites is 6. The third-order valence-electron chi connectivity index (χ3n) is 12.9. The fraction of sp³-hybridized carbons (Fsp3) is 0.0323. The van der Waals surface area contributed by atoms with Gasteiger partial charge in [0, 0.05) is 44.0 Å². The minimum absolute atomic E-state index is 0.853. The molecular formula is C62H44N2O2. The van der Waals surface area contributed by atoms with E-state index in [1.54, 1.807) is 0 Å². The van der Waals surface area contributed by atoms with E-state index in [1.807, 2.05) is 12.1 Å². The molecule has 0 N–H and O–H groups in total. The van der Waals surface area contributed by atoms with Crippen LogP contribution in [0.1, 0.15) is 11.1 Å². The van der Waals surface area contributed by atoms with Crippen molar-refractivity contribution < 1.29 is 8.83 Å². The number of hydrogen-bond acceptors (Lipinski definition) is 4. The largest absolute Gasteiger partial charge is 0.454 e. The first-order chi connectivity index (χ1) is 32.6. The summed E-state index contributed by atoms with van der Waals surface area (Å²) in [5.41, 5.74) is 18.9. The van der Waals surface area contributed by atoms with E-state index in [1.165, 1.54) is 22.3 Å². The van der Waals surface area contributed by atoms with Crippen LogP contribution in [-0.2, 0) is 0 Å². The van der Waals surface area contributed by atoms with Crippen LogP contribution >= 0.6 is 0 Å². The van der Waals surface area contributed by atoms with Crippen molar-refractivity contribution in [1.82, 2.24) is 0 Å². The summed E-state index contributed by atoms with van der Waals surface area (Å²) in [5.74, 6) is 0. The number of rotatable bonds is 9. The second-order valence-electron chi connectivity index (χ2n) is 16.9. The lowest BCUT2D eigenvalue weighted by Crippen LogP contribution is -2.12. The van der Waals surface area contributed by atoms with Crippen LogP contribution in [0, 0.1) is 13.8 Å². The Kier molecular flexibility index (Phi) is 9.57. The number of benzene rings is 10. The fourth-order valence-corrected chi connectivity index (χ4v) is 9.87. The lowest BCUT2D eigenvalue weighted by atomic mass is 9.94. The molecule has 4 nitrogen and oxygen atoms in total. The first-order valence-corrected chi connectivity index (χ1v) is 22.5. The molecule has 0 saturated carbocycles. The maximum absolute atomic E-state index is 6.71. The first kappa shape index (κ1) is 39.0. The van der Waals surface area contributed by atoms with E-state index in [0.29, 0.717) is 0 Å². The summed E-state index contributed by atoms with van der Waals surface area (Å²) in [6, 6.07) is 81.8.